The van der Waals surface area contributed by atoms with E-state index >= 15 is 0 Å². The van der Waals surface area contributed by atoms with Crippen molar-refractivity contribution in [1.82, 2.24) is 10.2 Å². The smallest absolute Gasteiger partial charge is 0.326 e. The number of hydrogen-bond donors (Lipinski definition) is 3. The number of amides is 2. The van der Waals surface area contributed by atoms with E-state index in [0.29, 0.717) is 5.92 Å². The molecule has 1 aliphatic heterocycles. The number of aliphatic hydroxyl groups excluding tert-OH is 1. The van der Waals surface area contributed by atoms with Gasteiger partial charge in [0.1, 0.15) is 6.04 Å². The third kappa shape index (κ3) is 5.00. The number of aliphatic hydroxyl groups is 1. The Kier molecular flexibility index (Phi) is 6.26. The van der Waals surface area contributed by atoms with Crippen molar-refractivity contribution in [1.29, 1.82) is 0 Å². The van der Waals surface area contributed by atoms with Gasteiger partial charge in [-0.05, 0) is 19.3 Å². The molecule has 6 nitrogen and oxygen atoms in total. The predicted molar refractivity (Wildman–Crippen MR) is 75.4 cm³/mol. The number of β-amino-alcohol motifs (C(OH)–C–C–N with tert-alkyl or cyclic N) is 1. The van der Waals surface area contributed by atoms with Crippen LogP contribution in [-0.4, -0.2) is 51.8 Å². The number of carbonyl (C=O) groups is 2. The van der Waals surface area contributed by atoms with Gasteiger partial charge in [0.15, 0.2) is 0 Å². The second kappa shape index (κ2) is 7.47. The largest absolute Gasteiger partial charge is 0.480 e. The number of likely N-dealkylation sites (tertiary alicyclic amines) is 1. The van der Waals surface area contributed by atoms with Crippen LogP contribution in [0.4, 0.5) is 4.79 Å². The standard InChI is InChI=1S/C14H26N2O4/c1-9(2)5-4-6-10(3)15-14(20)16-8-11(17)7-12(16)13(18)19/h9-12,17H,4-8H2,1-3H3,(H,15,20)(H,18,19)/t10?,11?,12-/m0/s1. The molecule has 0 aromatic carbocycles. The van der Waals surface area contributed by atoms with E-state index in [1.54, 1.807) is 0 Å². The summed E-state index contributed by atoms with van der Waals surface area (Å²) in [7, 11) is 0. The van der Waals surface area contributed by atoms with E-state index in [0.717, 1.165) is 19.3 Å². The first-order valence-electron chi connectivity index (χ1n) is 7.29. The zero-order valence-electron chi connectivity index (χ0n) is 12.5. The molecular weight excluding hydrogens is 260 g/mol. The Hall–Kier alpha value is -1.30. The summed E-state index contributed by atoms with van der Waals surface area (Å²) in [6, 6.07) is -1.31. The molecular formula is C14H26N2O4. The highest BCUT2D eigenvalue weighted by molar-refractivity contribution is 5.83. The van der Waals surface area contributed by atoms with Crippen LogP contribution in [0.5, 0.6) is 0 Å². The topological polar surface area (TPSA) is 89.9 Å². The Morgan fingerprint density at radius 2 is 1.95 bits per heavy atom. The lowest BCUT2D eigenvalue weighted by Crippen LogP contribution is -2.48. The monoisotopic (exact) mass is 286 g/mol. The first-order valence-corrected chi connectivity index (χ1v) is 7.29. The summed E-state index contributed by atoms with van der Waals surface area (Å²) >= 11 is 0. The van der Waals surface area contributed by atoms with Gasteiger partial charge in [-0.2, -0.15) is 0 Å². The van der Waals surface area contributed by atoms with Crippen molar-refractivity contribution in [3.8, 4) is 0 Å². The van der Waals surface area contributed by atoms with E-state index in [1.165, 1.54) is 4.90 Å². The van der Waals surface area contributed by atoms with Gasteiger partial charge >= 0.3 is 12.0 Å². The average Bonchev–Trinajstić information content (AvgIpc) is 2.71. The van der Waals surface area contributed by atoms with Gasteiger partial charge in [-0.15, -0.1) is 0 Å². The zero-order chi connectivity index (χ0) is 15.3. The summed E-state index contributed by atoms with van der Waals surface area (Å²) in [5.74, 6) is -0.424. The van der Waals surface area contributed by atoms with Crippen molar-refractivity contribution in [2.45, 2.75) is 64.6 Å². The van der Waals surface area contributed by atoms with Crippen molar-refractivity contribution in [2.75, 3.05) is 6.54 Å². The van der Waals surface area contributed by atoms with Gasteiger partial charge in [0.25, 0.3) is 0 Å². The minimum absolute atomic E-state index is 0.00781. The van der Waals surface area contributed by atoms with Crippen LogP contribution in [0, 0.1) is 5.92 Å². The second-order valence-electron chi connectivity index (χ2n) is 6.07. The van der Waals surface area contributed by atoms with Gasteiger partial charge < -0.3 is 20.4 Å². The highest BCUT2D eigenvalue weighted by Crippen LogP contribution is 2.18. The minimum atomic E-state index is -1.07. The Morgan fingerprint density at radius 1 is 1.30 bits per heavy atom. The highest BCUT2D eigenvalue weighted by atomic mass is 16.4. The van der Waals surface area contributed by atoms with Crippen LogP contribution < -0.4 is 5.32 Å². The number of carboxylic acid groups (broad SMARTS) is 1. The fraction of sp³-hybridized carbons (Fsp3) is 0.857. The lowest BCUT2D eigenvalue weighted by atomic mass is 10.0. The molecule has 2 unspecified atom stereocenters. The van der Waals surface area contributed by atoms with E-state index in [4.69, 9.17) is 5.11 Å². The van der Waals surface area contributed by atoms with Crippen molar-refractivity contribution < 1.29 is 19.8 Å². The lowest BCUT2D eigenvalue weighted by molar-refractivity contribution is -0.141. The average molecular weight is 286 g/mol. The Balaban J connectivity index is 2.43. The first kappa shape index (κ1) is 16.8. The zero-order valence-corrected chi connectivity index (χ0v) is 12.5. The third-order valence-electron chi connectivity index (χ3n) is 3.61. The molecule has 0 aromatic heterocycles. The number of carboxylic acids is 1. The van der Waals surface area contributed by atoms with Crippen molar-refractivity contribution >= 4 is 12.0 Å². The van der Waals surface area contributed by atoms with Crippen LogP contribution in [-0.2, 0) is 4.79 Å². The van der Waals surface area contributed by atoms with Crippen LogP contribution in [0.3, 0.4) is 0 Å². The van der Waals surface area contributed by atoms with Crippen molar-refractivity contribution in [3.63, 3.8) is 0 Å². The van der Waals surface area contributed by atoms with Gasteiger partial charge in [-0.1, -0.05) is 26.7 Å². The van der Waals surface area contributed by atoms with Crippen LogP contribution in [0.25, 0.3) is 0 Å². The van der Waals surface area contributed by atoms with Crippen LogP contribution in [0.15, 0.2) is 0 Å². The second-order valence-corrected chi connectivity index (χ2v) is 6.07. The number of carbonyl (C=O) groups excluding carboxylic acids is 1. The van der Waals surface area contributed by atoms with Gasteiger partial charge in [0.05, 0.1) is 6.10 Å². The molecule has 1 fully saturated rings. The molecule has 0 bridgehead atoms. The quantitative estimate of drug-likeness (QED) is 0.689. The van der Waals surface area contributed by atoms with Crippen LogP contribution in [0.2, 0.25) is 0 Å². The third-order valence-corrected chi connectivity index (χ3v) is 3.61. The van der Waals surface area contributed by atoms with Crippen molar-refractivity contribution in [2.24, 2.45) is 5.92 Å². The molecule has 6 heteroatoms. The molecule has 116 valence electrons. The summed E-state index contributed by atoms with van der Waals surface area (Å²) in [5.41, 5.74) is 0. The molecule has 1 aliphatic rings. The van der Waals surface area contributed by atoms with E-state index in [1.807, 2.05) is 6.92 Å². The molecule has 1 saturated heterocycles. The maximum absolute atomic E-state index is 12.1. The highest BCUT2D eigenvalue weighted by Gasteiger charge is 2.39. The molecule has 0 radical (unpaired) electrons. The van der Waals surface area contributed by atoms with Crippen molar-refractivity contribution in [3.05, 3.63) is 0 Å². The first-order chi connectivity index (χ1) is 9.31. The van der Waals surface area contributed by atoms with Gasteiger partial charge in [-0.3, -0.25) is 0 Å². The normalized spacial score (nSPS) is 23.9. The SMILES string of the molecule is CC(C)CCCC(C)NC(=O)N1CC(O)C[C@H]1C(=O)O. The summed E-state index contributed by atoms with van der Waals surface area (Å²) < 4.78 is 0. The van der Waals surface area contributed by atoms with E-state index in [2.05, 4.69) is 19.2 Å². The number of nitrogens with one attached hydrogen (secondary N) is 1. The van der Waals surface area contributed by atoms with E-state index < -0.39 is 24.1 Å². The number of urea groups is 1. The Morgan fingerprint density at radius 3 is 2.50 bits per heavy atom. The molecule has 0 aromatic rings. The predicted octanol–water partition coefficient (Wildman–Crippen LogP) is 1.43. The van der Waals surface area contributed by atoms with E-state index in [-0.39, 0.29) is 19.0 Å². The molecule has 0 saturated carbocycles. The number of nitrogens with zero attached hydrogens (tertiary/aromatic N) is 1. The van der Waals surface area contributed by atoms with Crippen LogP contribution >= 0.6 is 0 Å². The number of hydrogen-bond acceptors (Lipinski definition) is 3. The molecule has 0 aliphatic carbocycles. The number of rotatable bonds is 6. The maximum Gasteiger partial charge on any atom is 0.326 e. The molecule has 1 rings (SSSR count). The van der Waals surface area contributed by atoms with Crippen LogP contribution in [0.1, 0.15) is 46.5 Å². The summed E-state index contributed by atoms with van der Waals surface area (Å²) in [4.78, 5) is 24.3. The number of aliphatic carboxylic acids is 1. The summed E-state index contributed by atoms with van der Waals surface area (Å²) in [6.07, 6.45) is 2.37. The molecule has 0 spiro atoms. The minimum Gasteiger partial charge on any atom is -0.480 e. The fourth-order valence-corrected chi connectivity index (χ4v) is 2.47. The Labute approximate surface area is 120 Å². The summed E-state index contributed by atoms with van der Waals surface area (Å²) in [6.45, 7) is 6.32. The molecule has 1 heterocycles. The molecule has 3 N–H and O–H groups in total. The molecule has 3 atom stereocenters. The fourth-order valence-electron chi connectivity index (χ4n) is 2.47. The van der Waals surface area contributed by atoms with E-state index in [9.17, 15) is 14.7 Å². The van der Waals surface area contributed by atoms with Gasteiger partial charge in [0, 0.05) is 19.0 Å². The maximum atomic E-state index is 12.1. The lowest BCUT2D eigenvalue weighted by Gasteiger charge is -2.24. The van der Waals surface area contributed by atoms with Gasteiger partial charge in [-0.25, -0.2) is 9.59 Å². The molecule has 20 heavy (non-hydrogen) atoms. The Bertz CT molecular complexity index is 346. The van der Waals surface area contributed by atoms with Gasteiger partial charge in [0.2, 0.25) is 0 Å². The summed E-state index contributed by atoms with van der Waals surface area (Å²) in [5, 5.41) is 21.4. The molecule has 2 amide bonds.